The molecule has 20 heavy (non-hydrogen) atoms. The SMILES string of the molecule is C=C1CC[C@@H]([C@H](C)CO)[C@H]2C=C(C(=O)O)CC[C@@]12OO. The fourth-order valence-corrected chi connectivity index (χ4v) is 3.66. The summed E-state index contributed by atoms with van der Waals surface area (Å²) in [4.78, 5) is 16.0. The first-order valence-electron chi connectivity index (χ1n) is 7.02. The van der Waals surface area contributed by atoms with Gasteiger partial charge >= 0.3 is 5.97 Å². The second kappa shape index (κ2) is 5.68. The number of fused-ring (bicyclic) bond motifs is 1. The molecule has 0 heterocycles. The molecule has 0 bridgehead atoms. The van der Waals surface area contributed by atoms with Crippen molar-refractivity contribution in [2.24, 2.45) is 17.8 Å². The molecule has 3 N–H and O–H groups in total. The molecule has 0 spiro atoms. The largest absolute Gasteiger partial charge is 0.478 e. The van der Waals surface area contributed by atoms with Crippen molar-refractivity contribution < 1.29 is 25.2 Å². The minimum atomic E-state index is -0.928. The van der Waals surface area contributed by atoms with Crippen LogP contribution < -0.4 is 0 Å². The van der Waals surface area contributed by atoms with E-state index < -0.39 is 11.6 Å². The number of carboxylic acids is 1. The molecule has 0 aliphatic heterocycles. The maximum absolute atomic E-state index is 11.2. The highest BCUT2D eigenvalue weighted by Gasteiger charge is 2.52. The Kier molecular flexibility index (Phi) is 4.32. The molecule has 0 aromatic carbocycles. The van der Waals surface area contributed by atoms with Crippen molar-refractivity contribution in [1.82, 2.24) is 0 Å². The summed E-state index contributed by atoms with van der Waals surface area (Å²) < 4.78 is 0. The molecular formula is C15H22O5. The van der Waals surface area contributed by atoms with Gasteiger partial charge in [-0.1, -0.05) is 19.6 Å². The molecule has 5 nitrogen and oxygen atoms in total. The normalized spacial score (nSPS) is 35.1. The van der Waals surface area contributed by atoms with Crippen LogP contribution in [0.1, 0.15) is 32.6 Å². The smallest absolute Gasteiger partial charge is 0.331 e. The Morgan fingerprint density at radius 3 is 2.85 bits per heavy atom. The van der Waals surface area contributed by atoms with Gasteiger partial charge < -0.3 is 10.2 Å². The van der Waals surface area contributed by atoms with E-state index in [0.29, 0.717) is 18.4 Å². The van der Waals surface area contributed by atoms with Crippen LogP contribution in [0.25, 0.3) is 0 Å². The standard InChI is InChI=1S/C15H22O5/c1-9(8-16)12-4-3-10(2)15(20-19)6-5-11(14(17)18)7-13(12)15/h7,9,12-13,16,19H,2-6,8H2,1H3,(H,17,18)/t9-,12+,13-,15-/m1/s1. The highest BCUT2D eigenvalue weighted by atomic mass is 17.1. The molecule has 1 fully saturated rings. The Labute approximate surface area is 118 Å². The molecule has 0 aromatic heterocycles. The highest BCUT2D eigenvalue weighted by Crippen LogP contribution is 2.51. The number of hydrogen-bond donors (Lipinski definition) is 3. The average molecular weight is 282 g/mol. The van der Waals surface area contributed by atoms with E-state index >= 15 is 0 Å². The van der Waals surface area contributed by atoms with Crippen LogP contribution in [0.2, 0.25) is 0 Å². The predicted molar refractivity (Wildman–Crippen MR) is 73.0 cm³/mol. The Balaban J connectivity index is 2.43. The van der Waals surface area contributed by atoms with Crippen molar-refractivity contribution in [3.8, 4) is 0 Å². The predicted octanol–water partition coefficient (Wildman–Crippen LogP) is 2.23. The number of hydrogen-bond acceptors (Lipinski definition) is 4. The fraction of sp³-hybridized carbons (Fsp3) is 0.667. The minimum absolute atomic E-state index is 0.0204. The third kappa shape index (κ3) is 2.30. The molecule has 0 radical (unpaired) electrons. The summed E-state index contributed by atoms with van der Waals surface area (Å²) in [5.74, 6) is -1.09. The van der Waals surface area contributed by atoms with E-state index in [1.165, 1.54) is 0 Å². The van der Waals surface area contributed by atoms with E-state index in [1.54, 1.807) is 6.08 Å². The number of aliphatic hydroxyl groups is 1. The quantitative estimate of drug-likeness (QED) is 0.418. The molecule has 0 unspecified atom stereocenters. The Hall–Kier alpha value is -1.17. The van der Waals surface area contributed by atoms with Gasteiger partial charge in [0, 0.05) is 18.1 Å². The van der Waals surface area contributed by atoms with E-state index in [2.05, 4.69) is 6.58 Å². The van der Waals surface area contributed by atoms with Gasteiger partial charge in [0.1, 0.15) is 5.60 Å². The van der Waals surface area contributed by atoms with E-state index in [4.69, 9.17) is 4.89 Å². The third-order valence-electron chi connectivity index (χ3n) is 4.98. The van der Waals surface area contributed by atoms with Crippen molar-refractivity contribution in [1.29, 1.82) is 0 Å². The summed E-state index contributed by atoms with van der Waals surface area (Å²) in [5, 5.41) is 28.0. The van der Waals surface area contributed by atoms with Crippen molar-refractivity contribution >= 4 is 5.97 Å². The maximum atomic E-state index is 11.2. The number of aliphatic carboxylic acids is 1. The molecule has 0 aromatic rings. The van der Waals surface area contributed by atoms with Crippen LogP contribution in [0.5, 0.6) is 0 Å². The second-order valence-corrected chi connectivity index (χ2v) is 5.97. The molecular weight excluding hydrogens is 260 g/mol. The monoisotopic (exact) mass is 282 g/mol. The summed E-state index contributed by atoms with van der Waals surface area (Å²) in [5.41, 5.74) is 0.269. The van der Waals surface area contributed by atoms with Crippen molar-refractivity contribution in [2.75, 3.05) is 6.61 Å². The lowest BCUT2D eigenvalue weighted by atomic mass is 9.59. The Morgan fingerprint density at radius 1 is 1.60 bits per heavy atom. The first kappa shape index (κ1) is 15.2. The molecule has 5 heteroatoms. The molecule has 2 aliphatic carbocycles. The molecule has 0 saturated heterocycles. The number of aliphatic hydroxyl groups excluding tert-OH is 1. The third-order valence-corrected chi connectivity index (χ3v) is 4.98. The molecule has 2 rings (SSSR count). The molecule has 0 amide bonds. The summed E-state index contributed by atoms with van der Waals surface area (Å²) in [6.45, 7) is 5.97. The van der Waals surface area contributed by atoms with Gasteiger partial charge in [0.25, 0.3) is 0 Å². The summed E-state index contributed by atoms with van der Waals surface area (Å²) >= 11 is 0. The van der Waals surface area contributed by atoms with Gasteiger partial charge in [-0.3, -0.25) is 5.26 Å². The van der Waals surface area contributed by atoms with Crippen molar-refractivity contribution in [3.05, 3.63) is 23.8 Å². The summed E-state index contributed by atoms with van der Waals surface area (Å²) in [6.07, 6.45) is 4.01. The van der Waals surface area contributed by atoms with Gasteiger partial charge in [-0.25, -0.2) is 9.68 Å². The van der Waals surface area contributed by atoms with Crippen molar-refractivity contribution in [2.45, 2.75) is 38.2 Å². The molecule has 2 aliphatic rings. The van der Waals surface area contributed by atoms with Crippen LogP contribution in [0, 0.1) is 17.8 Å². The summed E-state index contributed by atoms with van der Waals surface area (Å²) in [7, 11) is 0. The van der Waals surface area contributed by atoms with Gasteiger partial charge in [-0.05, 0) is 43.1 Å². The van der Waals surface area contributed by atoms with Crippen LogP contribution >= 0.6 is 0 Å². The van der Waals surface area contributed by atoms with Gasteiger partial charge in [0.2, 0.25) is 0 Å². The lowest BCUT2D eigenvalue weighted by Crippen LogP contribution is -2.51. The van der Waals surface area contributed by atoms with Gasteiger partial charge in [-0.2, -0.15) is 0 Å². The Morgan fingerprint density at radius 2 is 2.30 bits per heavy atom. The van der Waals surface area contributed by atoms with Gasteiger partial charge in [-0.15, -0.1) is 0 Å². The Bertz CT molecular complexity index is 442. The lowest BCUT2D eigenvalue weighted by Gasteiger charge is -2.49. The van der Waals surface area contributed by atoms with Crippen LogP contribution in [0.4, 0.5) is 0 Å². The first-order valence-corrected chi connectivity index (χ1v) is 7.02. The van der Waals surface area contributed by atoms with Crippen LogP contribution in [-0.2, 0) is 9.68 Å². The van der Waals surface area contributed by atoms with Crippen LogP contribution in [-0.4, -0.2) is 33.6 Å². The highest BCUT2D eigenvalue weighted by molar-refractivity contribution is 5.87. The second-order valence-electron chi connectivity index (χ2n) is 5.97. The van der Waals surface area contributed by atoms with E-state index in [-0.39, 0.29) is 24.4 Å². The van der Waals surface area contributed by atoms with Crippen molar-refractivity contribution in [3.63, 3.8) is 0 Å². The molecule has 1 saturated carbocycles. The lowest BCUT2D eigenvalue weighted by molar-refractivity contribution is -0.332. The van der Waals surface area contributed by atoms with E-state index in [0.717, 1.165) is 18.4 Å². The van der Waals surface area contributed by atoms with E-state index in [9.17, 15) is 20.3 Å². The molecule has 112 valence electrons. The zero-order valence-electron chi connectivity index (χ0n) is 11.7. The van der Waals surface area contributed by atoms with E-state index in [1.807, 2.05) is 6.92 Å². The molecule has 4 atom stereocenters. The number of rotatable bonds is 4. The average Bonchev–Trinajstić information content (AvgIpc) is 2.46. The van der Waals surface area contributed by atoms with Crippen LogP contribution in [0.3, 0.4) is 0 Å². The fourth-order valence-electron chi connectivity index (χ4n) is 3.66. The number of carboxylic acid groups (broad SMARTS) is 1. The minimum Gasteiger partial charge on any atom is -0.478 e. The topological polar surface area (TPSA) is 87.0 Å². The maximum Gasteiger partial charge on any atom is 0.331 e. The van der Waals surface area contributed by atoms with Crippen LogP contribution in [0.15, 0.2) is 23.8 Å². The number of carbonyl (C=O) groups is 1. The summed E-state index contributed by atoms with van der Waals surface area (Å²) in [6, 6.07) is 0. The zero-order valence-corrected chi connectivity index (χ0v) is 11.7. The zero-order chi connectivity index (χ0) is 14.9. The van der Waals surface area contributed by atoms with Gasteiger partial charge in [0.15, 0.2) is 0 Å². The first-order chi connectivity index (χ1) is 9.46. The van der Waals surface area contributed by atoms with Gasteiger partial charge in [0.05, 0.1) is 0 Å².